The fraction of sp³-hybridized carbons (Fsp3) is 0.200. The molecule has 1 aromatic carbocycles. The van der Waals surface area contributed by atoms with Gasteiger partial charge in [-0.3, -0.25) is 9.59 Å². The minimum absolute atomic E-state index is 0.0426. The fourth-order valence-corrected chi connectivity index (χ4v) is 2.06. The van der Waals surface area contributed by atoms with Gasteiger partial charge in [0.1, 0.15) is 5.75 Å². The van der Waals surface area contributed by atoms with Gasteiger partial charge >= 0.3 is 0 Å². The molecule has 0 atom stereocenters. The normalized spacial score (nSPS) is 12.6. The third kappa shape index (κ3) is 3.73. The molecule has 0 unspecified atom stereocenters. The average Bonchev–Trinajstić information content (AvgIpc) is 2.59. The van der Waals surface area contributed by atoms with Gasteiger partial charge in [0.2, 0.25) is 5.95 Å². The van der Waals surface area contributed by atoms with Gasteiger partial charge in [-0.15, -0.1) is 0 Å². The largest absolute Gasteiger partial charge is 0.482 e. The molecule has 3 N–H and O–H groups in total. The van der Waals surface area contributed by atoms with Crippen molar-refractivity contribution in [2.45, 2.75) is 0 Å². The zero-order chi connectivity index (χ0) is 16.1. The third-order valence-electron chi connectivity index (χ3n) is 3.14. The summed E-state index contributed by atoms with van der Waals surface area (Å²) in [5, 5.41) is 8.46. The molecule has 8 nitrogen and oxygen atoms in total. The van der Waals surface area contributed by atoms with Crippen molar-refractivity contribution in [3.8, 4) is 5.75 Å². The van der Waals surface area contributed by atoms with Gasteiger partial charge in [0, 0.05) is 31.0 Å². The highest BCUT2D eigenvalue weighted by molar-refractivity contribution is 5.98. The van der Waals surface area contributed by atoms with Gasteiger partial charge in [0.25, 0.3) is 11.8 Å². The molecule has 0 spiro atoms. The summed E-state index contributed by atoms with van der Waals surface area (Å²) < 4.78 is 5.29. The van der Waals surface area contributed by atoms with Crippen LogP contribution in [-0.4, -0.2) is 41.5 Å². The molecular formula is C15H15N5O3. The van der Waals surface area contributed by atoms with E-state index in [-0.39, 0.29) is 18.4 Å². The van der Waals surface area contributed by atoms with Crippen LogP contribution in [0.25, 0.3) is 0 Å². The van der Waals surface area contributed by atoms with Crippen molar-refractivity contribution < 1.29 is 14.3 Å². The first kappa shape index (κ1) is 14.8. The van der Waals surface area contributed by atoms with Crippen LogP contribution in [0, 0.1) is 0 Å². The first-order valence-corrected chi connectivity index (χ1v) is 7.08. The molecule has 118 valence electrons. The van der Waals surface area contributed by atoms with E-state index >= 15 is 0 Å². The van der Waals surface area contributed by atoms with Gasteiger partial charge in [-0.1, -0.05) is 0 Å². The zero-order valence-electron chi connectivity index (χ0n) is 12.2. The van der Waals surface area contributed by atoms with Crippen molar-refractivity contribution in [1.82, 2.24) is 15.3 Å². The minimum Gasteiger partial charge on any atom is -0.482 e. The van der Waals surface area contributed by atoms with E-state index in [0.717, 1.165) is 0 Å². The van der Waals surface area contributed by atoms with Crippen LogP contribution < -0.4 is 20.7 Å². The Morgan fingerprint density at radius 3 is 2.91 bits per heavy atom. The van der Waals surface area contributed by atoms with Crippen LogP contribution in [0.5, 0.6) is 5.75 Å². The van der Waals surface area contributed by atoms with E-state index in [9.17, 15) is 9.59 Å². The van der Waals surface area contributed by atoms with E-state index in [1.165, 1.54) is 0 Å². The molecule has 1 aliphatic heterocycles. The maximum absolute atomic E-state index is 12.1. The number of fused-ring (bicyclic) bond motifs is 1. The second kappa shape index (κ2) is 6.73. The van der Waals surface area contributed by atoms with Crippen LogP contribution in [0.3, 0.4) is 0 Å². The first-order valence-electron chi connectivity index (χ1n) is 7.08. The van der Waals surface area contributed by atoms with Crippen molar-refractivity contribution in [2.24, 2.45) is 0 Å². The molecule has 2 aromatic rings. The first-order chi connectivity index (χ1) is 11.2. The summed E-state index contributed by atoms with van der Waals surface area (Å²) in [5.41, 5.74) is 1.04. The molecule has 0 saturated carbocycles. The van der Waals surface area contributed by atoms with Gasteiger partial charge in [-0.25, -0.2) is 9.97 Å². The van der Waals surface area contributed by atoms with Gasteiger partial charge in [0.15, 0.2) is 6.61 Å². The Balaban J connectivity index is 1.51. The molecule has 2 amide bonds. The highest BCUT2D eigenvalue weighted by Gasteiger charge is 2.17. The molecule has 23 heavy (non-hydrogen) atoms. The van der Waals surface area contributed by atoms with Gasteiger partial charge in [-0.05, 0) is 24.3 Å². The molecule has 3 rings (SSSR count). The Morgan fingerprint density at radius 2 is 2.09 bits per heavy atom. The maximum Gasteiger partial charge on any atom is 0.262 e. The summed E-state index contributed by atoms with van der Waals surface area (Å²) in [6.07, 6.45) is 3.28. The Morgan fingerprint density at radius 1 is 1.26 bits per heavy atom. The predicted molar refractivity (Wildman–Crippen MR) is 83.4 cm³/mol. The zero-order valence-corrected chi connectivity index (χ0v) is 12.2. The van der Waals surface area contributed by atoms with Crippen LogP contribution in [-0.2, 0) is 4.79 Å². The molecule has 0 radical (unpaired) electrons. The van der Waals surface area contributed by atoms with Crippen molar-refractivity contribution in [2.75, 3.05) is 30.3 Å². The summed E-state index contributed by atoms with van der Waals surface area (Å²) in [6, 6.07) is 6.62. The summed E-state index contributed by atoms with van der Waals surface area (Å²) in [4.78, 5) is 31.3. The number of benzene rings is 1. The number of carbonyl (C=O) groups excluding carboxylic acids is 2. The SMILES string of the molecule is O=C1COc2cc(C(=O)NCCNc3ncccn3)ccc2N1. The van der Waals surface area contributed by atoms with Crippen LogP contribution in [0.2, 0.25) is 0 Å². The monoisotopic (exact) mass is 313 g/mol. The lowest BCUT2D eigenvalue weighted by Gasteiger charge is -2.18. The highest BCUT2D eigenvalue weighted by atomic mass is 16.5. The maximum atomic E-state index is 12.1. The topological polar surface area (TPSA) is 105 Å². The fourth-order valence-electron chi connectivity index (χ4n) is 2.06. The third-order valence-corrected chi connectivity index (χ3v) is 3.14. The Bertz CT molecular complexity index is 720. The lowest BCUT2D eigenvalue weighted by atomic mass is 10.1. The number of anilines is 2. The highest BCUT2D eigenvalue weighted by Crippen LogP contribution is 2.28. The number of rotatable bonds is 5. The summed E-state index contributed by atoms with van der Waals surface area (Å²) in [6.45, 7) is 0.887. The number of amides is 2. The second-order valence-electron chi connectivity index (χ2n) is 4.80. The molecule has 2 heterocycles. The Labute approximate surface area is 132 Å². The number of aromatic nitrogens is 2. The summed E-state index contributed by atoms with van der Waals surface area (Å²) in [7, 11) is 0. The van der Waals surface area contributed by atoms with E-state index in [1.54, 1.807) is 36.7 Å². The van der Waals surface area contributed by atoms with Crippen LogP contribution in [0.4, 0.5) is 11.6 Å². The molecule has 8 heteroatoms. The van der Waals surface area contributed by atoms with Gasteiger partial charge in [0.05, 0.1) is 5.69 Å². The van der Waals surface area contributed by atoms with Crippen LogP contribution in [0.15, 0.2) is 36.7 Å². The molecular weight excluding hydrogens is 298 g/mol. The van der Waals surface area contributed by atoms with Crippen molar-refractivity contribution in [1.29, 1.82) is 0 Å². The predicted octanol–water partition coefficient (Wildman–Crippen LogP) is 0.649. The minimum atomic E-state index is -0.218. The van der Waals surface area contributed by atoms with E-state index in [2.05, 4.69) is 25.9 Å². The second-order valence-corrected chi connectivity index (χ2v) is 4.80. The number of ether oxygens (including phenoxy) is 1. The molecule has 0 bridgehead atoms. The number of nitrogens with one attached hydrogen (secondary N) is 3. The number of nitrogens with zero attached hydrogens (tertiary/aromatic N) is 2. The molecule has 1 aliphatic rings. The molecule has 0 saturated heterocycles. The van der Waals surface area contributed by atoms with Crippen LogP contribution >= 0.6 is 0 Å². The smallest absolute Gasteiger partial charge is 0.262 e. The van der Waals surface area contributed by atoms with Gasteiger partial charge < -0.3 is 20.7 Å². The Hall–Kier alpha value is -3.16. The van der Waals surface area contributed by atoms with Crippen molar-refractivity contribution in [3.63, 3.8) is 0 Å². The molecule has 1 aromatic heterocycles. The van der Waals surface area contributed by atoms with E-state index in [1.807, 2.05) is 0 Å². The molecule has 0 fully saturated rings. The van der Waals surface area contributed by atoms with Gasteiger partial charge in [-0.2, -0.15) is 0 Å². The van der Waals surface area contributed by atoms with E-state index in [4.69, 9.17) is 4.74 Å². The lowest BCUT2D eigenvalue weighted by Crippen LogP contribution is -2.29. The summed E-state index contributed by atoms with van der Waals surface area (Å²) >= 11 is 0. The van der Waals surface area contributed by atoms with E-state index in [0.29, 0.717) is 36.0 Å². The van der Waals surface area contributed by atoms with Crippen molar-refractivity contribution in [3.05, 3.63) is 42.2 Å². The number of carbonyl (C=O) groups is 2. The number of hydrogen-bond acceptors (Lipinski definition) is 6. The lowest BCUT2D eigenvalue weighted by molar-refractivity contribution is -0.118. The van der Waals surface area contributed by atoms with E-state index < -0.39 is 0 Å². The Kier molecular flexibility index (Phi) is 4.32. The molecule has 0 aliphatic carbocycles. The average molecular weight is 313 g/mol. The number of hydrogen-bond donors (Lipinski definition) is 3. The van der Waals surface area contributed by atoms with Crippen LogP contribution in [0.1, 0.15) is 10.4 Å². The quantitative estimate of drug-likeness (QED) is 0.700. The van der Waals surface area contributed by atoms with Crippen molar-refractivity contribution >= 4 is 23.5 Å². The summed E-state index contributed by atoms with van der Waals surface area (Å²) in [5.74, 6) is 0.584. The standard InChI is InChI=1S/C15H15N5O3/c21-13-9-23-12-8-10(2-3-11(12)20-13)14(22)16-6-7-19-15-17-4-1-5-18-15/h1-5,8H,6-7,9H2,(H,16,22)(H,20,21)(H,17,18,19).